The van der Waals surface area contributed by atoms with Crippen LogP contribution in [0.1, 0.15) is 26.3 Å². The van der Waals surface area contributed by atoms with Gasteiger partial charge in [-0.15, -0.1) is 0 Å². The van der Waals surface area contributed by atoms with Crippen molar-refractivity contribution < 1.29 is 19.2 Å². The Balaban J connectivity index is 1.95. The number of hydrogen-bond acceptors (Lipinski definition) is 6. The Morgan fingerprint density at radius 1 is 1.43 bits per heavy atom. The zero-order valence-corrected chi connectivity index (χ0v) is 13.1. The molecule has 8 heteroatoms. The maximum absolute atomic E-state index is 11.8. The minimum atomic E-state index is -0.571. The first-order valence-corrected chi connectivity index (χ1v) is 7.03. The van der Waals surface area contributed by atoms with E-state index in [1.54, 1.807) is 20.8 Å². The third-order valence-electron chi connectivity index (χ3n) is 3.09. The van der Waals surface area contributed by atoms with Crippen molar-refractivity contribution in [1.29, 1.82) is 5.26 Å². The van der Waals surface area contributed by atoms with Gasteiger partial charge in [-0.3, -0.25) is 10.1 Å². The number of rotatable bonds is 3. The Morgan fingerprint density at radius 2 is 2.09 bits per heavy atom. The summed E-state index contributed by atoms with van der Waals surface area (Å²) in [5.41, 5.74) is -0.636. The second-order valence-corrected chi connectivity index (χ2v) is 6.17. The van der Waals surface area contributed by atoms with Gasteiger partial charge in [-0.1, -0.05) is 0 Å². The molecule has 0 aromatic heterocycles. The van der Waals surface area contributed by atoms with Crippen molar-refractivity contribution in [3.8, 4) is 11.8 Å². The van der Waals surface area contributed by atoms with Gasteiger partial charge in [0, 0.05) is 12.1 Å². The maximum Gasteiger partial charge on any atom is 0.410 e. The number of likely N-dealkylation sites (tertiary alicyclic amines) is 1. The number of nitro benzene ring substituents is 1. The maximum atomic E-state index is 11.8. The van der Waals surface area contributed by atoms with E-state index in [2.05, 4.69) is 0 Å². The van der Waals surface area contributed by atoms with Crippen molar-refractivity contribution in [3.05, 3.63) is 33.9 Å². The van der Waals surface area contributed by atoms with E-state index in [-0.39, 0.29) is 23.1 Å². The van der Waals surface area contributed by atoms with E-state index >= 15 is 0 Å². The zero-order chi connectivity index (χ0) is 17.2. The summed E-state index contributed by atoms with van der Waals surface area (Å²) in [6, 6.07) is 5.71. The van der Waals surface area contributed by atoms with Crippen molar-refractivity contribution in [1.82, 2.24) is 4.90 Å². The first-order valence-electron chi connectivity index (χ1n) is 7.03. The Labute approximate surface area is 133 Å². The van der Waals surface area contributed by atoms with E-state index < -0.39 is 16.6 Å². The number of non-ortho nitro benzene ring substituents is 1. The van der Waals surface area contributed by atoms with Crippen LogP contribution in [0.4, 0.5) is 10.5 Å². The standard InChI is InChI=1S/C15H17N3O5/c1-15(2,3)23-14(19)17-8-12(9-17)22-13-5-4-11(18(20)21)6-10(13)7-16/h4-6,12H,8-9H2,1-3H3. The Bertz CT molecular complexity index is 669. The number of nitriles is 1. The average Bonchev–Trinajstić information content (AvgIpc) is 2.39. The largest absolute Gasteiger partial charge is 0.485 e. The van der Waals surface area contributed by atoms with E-state index in [9.17, 15) is 14.9 Å². The lowest BCUT2D eigenvalue weighted by Gasteiger charge is -2.39. The summed E-state index contributed by atoms with van der Waals surface area (Å²) >= 11 is 0. The fourth-order valence-electron chi connectivity index (χ4n) is 1.99. The van der Waals surface area contributed by atoms with Gasteiger partial charge in [0.25, 0.3) is 5.69 Å². The molecule has 0 bridgehead atoms. The molecule has 2 rings (SSSR count). The van der Waals surface area contributed by atoms with Gasteiger partial charge < -0.3 is 14.4 Å². The predicted octanol–water partition coefficient (Wildman–Crippen LogP) is 2.46. The Kier molecular flexibility index (Phi) is 4.40. The average molecular weight is 319 g/mol. The van der Waals surface area contributed by atoms with Crippen LogP contribution in [-0.2, 0) is 4.74 Å². The quantitative estimate of drug-likeness (QED) is 0.626. The normalized spacial score (nSPS) is 14.6. The molecule has 1 aliphatic rings. The van der Waals surface area contributed by atoms with Crippen molar-refractivity contribution in [2.45, 2.75) is 32.5 Å². The first kappa shape index (κ1) is 16.5. The molecule has 0 saturated carbocycles. The number of amides is 1. The van der Waals surface area contributed by atoms with Gasteiger partial charge >= 0.3 is 6.09 Å². The second-order valence-electron chi connectivity index (χ2n) is 6.17. The fourth-order valence-corrected chi connectivity index (χ4v) is 1.99. The highest BCUT2D eigenvalue weighted by Crippen LogP contribution is 2.26. The topological polar surface area (TPSA) is 106 Å². The number of carbonyl (C=O) groups excluding carboxylic acids is 1. The van der Waals surface area contributed by atoms with Crippen LogP contribution in [-0.4, -0.2) is 40.7 Å². The molecule has 1 saturated heterocycles. The summed E-state index contributed by atoms with van der Waals surface area (Å²) in [6.45, 7) is 6.05. The SMILES string of the molecule is CC(C)(C)OC(=O)N1CC(Oc2ccc([N+](=O)[O-])cc2C#N)C1. The van der Waals surface area contributed by atoms with Gasteiger partial charge in [-0.05, 0) is 26.8 Å². The highest BCUT2D eigenvalue weighted by atomic mass is 16.6. The molecule has 1 amide bonds. The number of benzene rings is 1. The first-order chi connectivity index (χ1) is 10.7. The molecule has 1 fully saturated rings. The molecule has 1 aliphatic heterocycles. The van der Waals surface area contributed by atoms with Crippen LogP contribution >= 0.6 is 0 Å². The van der Waals surface area contributed by atoms with E-state index in [0.717, 1.165) is 0 Å². The van der Waals surface area contributed by atoms with Gasteiger partial charge in [0.1, 0.15) is 29.1 Å². The van der Waals surface area contributed by atoms with Gasteiger partial charge in [-0.25, -0.2) is 4.79 Å². The van der Waals surface area contributed by atoms with Crippen LogP contribution in [0.2, 0.25) is 0 Å². The summed E-state index contributed by atoms with van der Waals surface area (Å²) in [7, 11) is 0. The summed E-state index contributed by atoms with van der Waals surface area (Å²) in [5.74, 6) is 0.270. The molecule has 1 aromatic carbocycles. The molecule has 0 N–H and O–H groups in total. The number of ether oxygens (including phenoxy) is 2. The lowest BCUT2D eigenvalue weighted by Crippen LogP contribution is -2.57. The predicted molar refractivity (Wildman–Crippen MR) is 80.0 cm³/mol. The number of carbonyl (C=O) groups is 1. The zero-order valence-electron chi connectivity index (χ0n) is 13.1. The van der Waals surface area contributed by atoms with Crippen LogP contribution in [0.15, 0.2) is 18.2 Å². The highest BCUT2D eigenvalue weighted by molar-refractivity contribution is 5.69. The Morgan fingerprint density at radius 3 is 2.61 bits per heavy atom. The molecule has 8 nitrogen and oxygen atoms in total. The number of nitro groups is 1. The minimum absolute atomic E-state index is 0.0925. The van der Waals surface area contributed by atoms with Crippen molar-refractivity contribution >= 4 is 11.8 Å². The number of nitrogens with zero attached hydrogens (tertiary/aromatic N) is 3. The lowest BCUT2D eigenvalue weighted by molar-refractivity contribution is -0.384. The van der Waals surface area contributed by atoms with E-state index in [0.29, 0.717) is 13.1 Å². The third kappa shape index (κ3) is 4.10. The Hall–Kier alpha value is -2.82. The van der Waals surface area contributed by atoms with Gasteiger partial charge in [0.15, 0.2) is 0 Å². The smallest absolute Gasteiger partial charge is 0.410 e. The van der Waals surface area contributed by atoms with Crippen LogP contribution in [0, 0.1) is 21.4 Å². The number of hydrogen-bond donors (Lipinski definition) is 0. The molecule has 23 heavy (non-hydrogen) atoms. The summed E-state index contributed by atoms with van der Waals surface area (Å²) in [6.07, 6.45) is -0.683. The van der Waals surface area contributed by atoms with Crippen molar-refractivity contribution in [2.24, 2.45) is 0 Å². The monoisotopic (exact) mass is 319 g/mol. The summed E-state index contributed by atoms with van der Waals surface area (Å²) in [5, 5.41) is 19.8. The molecule has 1 heterocycles. The molecular formula is C15H17N3O5. The third-order valence-corrected chi connectivity index (χ3v) is 3.09. The van der Waals surface area contributed by atoms with Crippen LogP contribution in [0.25, 0.3) is 0 Å². The van der Waals surface area contributed by atoms with Gasteiger partial charge in [-0.2, -0.15) is 5.26 Å². The van der Waals surface area contributed by atoms with Gasteiger partial charge in [0.05, 0.1) is 18.0 Å². The lowest BCUT2D eigenvalue weighted by atomic mass is 10.1. The molecule has 0 atom stereocenters. The van der Waals surface area contributed by atoms with Crippen LogP contribution < -0.4 is 4.74 Å². The molecule has 0 spiro atoms. The van der Waals surface area contributed by atoms with E-state index in [1.807, 2.05) is 6.07 Å². The molecule has 0 aliphatic carbocycles. The van der Waals surface area contributed by atoms with E-state index in [1.165, 1.54) is 23.1 Å². The van der Waals surface area contributed by atoms with E-state index in [4.69, 9.17) is 14.7 Å². The molecule has 0 unspecified atom stereocenters. The van der Waals surface area contributed by atoms with Crippen molar-refractivity contribution in [3.63, 3.8) is 0 Å². The molecular weight excluding hydrogens is 302 g/mol. The van der Waals surface area contributed by atoms with Gasteiger partial charge in [0.2, 0.25) is 0 Å². The summed E-state index contributed by atoms with van der Waals surface area (Å²) in [4.78, 5) is 23.4. The second kappa shape index (κ2) is 6.12. The molecule has 1 aromatic rings. The fraction of sp³-hybridized carbons (Fsp3) is 0.467. The molecule has 122 valence electrons. The van der Waals surface area contributed by atoms with Crippen molar-refractivity contribution in [2.75, 3.05) is 13.1 Å². The summed E-state index contributed by atoms with van der Waals surface area (Å²) < 4.78 is 10.9. The van der Waals surface area contributed by atoms with Crippen LogP contribution in [0.3, 0.4) is 0 Å². The minimum Gasteiger partial charge on any atom is -0.485 e. The highest BCUT2D eigenvalue weighted by Gasteiger charge is 2.35. The molecule has 0 radical (unpaired) electrons. The van der Waals surface area contributed by atoms with Crippen LogP contribution in [0.5, 0.6) is 5.75 Å².